The largest absolute Gasteiger partial charge is 0.479 e. The van der Waals surface area contributed by atoms with Gasteiger partial charge in [-0.15, -0.1) is 0 Å². The molecule has 0 aliphatic heterocycles. The maximum absolute atomic E-state index is 12.0. The number of carboxylic acid groups (broad SMARTS) is 1. The Morgan fingerprint density at radius 3 is 1.78 bits per heavy atom. The molecule has 0 spiro atoms. The van der Waals surface area contributed by atoms with Crippen molar-refractivity contribution in [1.29, 1.82) is 0 Å². The van der Waals surface area contributed by atoms with Crippen LogP contribution in [-0.2, 0) is 23.9 Å². The van der Waals surface area contributed by atoms with Crippen molar-refractivity contribution in [1.82, 2.24) is 0 Å². The van der Waals surface area contributed by atoms with Crippen LogP contribution in [0.25, 0.3) is 0 Å². The number of rotatable bonds is 7. The van der Waals surface area contributed by atoms with Crippen LogP contribution >= 0.6 is 0 Å². The number of carbonyl (C=O) groups is 3. The van der Waals surface area contributed by atoms with Crippen LogP contribution < -0.4 is 5.73 Å². The van der Waals surface area contributed by atoms with E-state index in [-0.39, 0.29) is 18.8 Å². The van der Waals surface area contributed by atoms with Gasteiger partial charge in [-0.25, -0.2) is 9.59 Å². The summed E-state index contributed by atoms with van der Waals surface area (Å²) in [6.07, 6.45) is 0.701. The van der Waals surface area contributed by atoms with Crippen molar-refractivity contribution in [3.63, 3.8) is 0 Å². The van der Waals surface area contributed by atoms with Gasteiger partial charge in [-0.1, -0.05) is 0 Å². The fourth-order valence-electron chi connectivity index (χ4n) is 1.73. The van der Waals surface area contributed by atoms with Gasteiger partial charge in [0, 0.05) is 6.42 Å². The number of unbranched alkanes of at least 4 members (excludes halogenated alkanes) is 1. The highest BCUT2D eigenvalue weighted by molar-refractivity contribution is 6.03. The Bertz CT molecular complexity index is 446. The summed E-state index contributed by atoms with van der Waals surface area (Å²) in [5.41, 5.74) is 2.22. The third-order valence-electron chi connectivity index (χ3n) is 2.77. The fraction of sp³-hybridized carbons (Fsp3) is 0.812. The lowest BCUT2D eigenvalue weighted by Crippen LogP contribution is -2.57. The lowest BCUT2D eigenvalue weighted by molar-refractivity contribution is -0.169. The van der Waals surface area contributed by atoms with Gasteiger partial charge in [0.25, 0.3) is 0 Å². The second-order valence-electron chi connectivity index (χ2n) is 7.57. The fourth-order valence-corrected chi connectivity index (χ4v) is 1.73. The second kappa shape index (κ2) is 7.77. The molecule has 23 heavy (non-hydrogen) atoms. The van der Waals surface area contributed by atoms with Gasteiger partial charge in [0.1, 0.15) is 11.2 Å². The van der Waals surface area contributed by atoms with Crippen molar-refractivity contribution in [2.45, 2.75) is 84.0 Å². The molecule has 0 bridgehead atoms. The number of aliphatic carboxylic acids is 1. The zero-order valence-electron chi connectivity index (χ0n) is 14.9. The molecule has 1 atom stereocenters. The smallest absolute Gasteiger partial charge is 0.338 e. The first-order valence-corrected chi connectivity index (χ1v) is 7.65. The number of carboxylic acids is 1. The Balaban J connectivity index is 4.54. The van der Waals surface area contributed by atoms with E-state index in [1.165, 1.54) is 0 Å². The van der Waals surface area contributed by atoms with E-state index in [0.717, 1.165) is 0 Å². The first-order valence-electron chi connectivity index (χ1n) is 7.65. The zero-order chi connectivity index (χ0) is 18.5. The minimum absolute atomic E-state index is 0.111. The number of carbonyl (C=O) groups excluding carboxylic acids is 2. The Labute approximate surface area is 137 Å². The average molecular weight is 331 g/mol. The molecule has 0 saturated carbocycles. The summed E-state index contributed by atoms with van der Waals surface area (Å²) in [6, 6.07) is 0. The summed E-state index contributed by atoms with van der Waals surface area (Å²) >= 11 is 0. The normalized spacial score (nSPS) is 14.7. The molecule has 0 radical (unpaired) electrons. The van der Waals surface area contributed by atoms with Crippen molar-refractivity contribution >= 4 is 17.9 Å². The lowest BCUT2D eigenvalue weighted by atomic mass is 9.93. The van der Waals surface area contributed by atoms with Crippen LogP contribution in [0.15, 0.2) is 0 Å². The van der Waals surface area contributed by atoms with Gasteiger partial charge in [-0.2, -0.15) is 0 Å². The topological polar surface area (TPSA) is 116 Å². The number of ether oxygens (including phenoxy) is 2. The summed E-state index contributed by atoms with van der Waals surface area (Å²) in [5.74, 6) is -2.79. The predicted molar refractivity (Wildman–Crippen MR) is 84.7 cm³/mol. The molecule has 0 aliphatic carbocycles. The molecule has 0 unspecified atom stereocenters. The molecule has 0 amide bonds. The molecule has 0 rings (SSSR count). The Morgan fingerprint density at radius 1 is 0.913 bits per heavy atom. The average Bonchev–Trinajstić information content (AvgIpc) is 2.29. The Kier molecular flexibility index (Phi) is 7.22. The van der Waals surface area contributed by atoms with Gasteiger partial charge in [-0.3, -0.25) is 4.79 Å². The van der Waals surface area contributed by atoms with Crippen LogP contribution in [0, 0.1) is 0 Å². The van der Waals surface area contributed by atoms with Gasteiger partial charge in [0.05, 0.1) is 0 Å². The maximum Gasteiger partial charge on any atom is 0.338 e. The molecule has 0 fully saturated rings. The third kappa shape index (κ3) is 8.54. The molecular weight excluding hydrogens is 302 g/mol. The van der Waals surface area contributed by atoms with Crippen LogP contribution in [0.2, 0.25) is 0 Å². The van der Waals surface area contributed by atoms with Crippen LogP contribution in [0.3, 0.4) is 0 Å². The summed E-state index contributed by atoms with van der Waals surface area (Å²) in [6.45, 7) is 10.2. The molecule has 7 nitrogen and oxygen atoms in total. The minimum Gasteiger partial charge on any atom is -0.479 e. The second-order valence-corrected chi connectivity index (χ2v) is 7.57. The minimum atomic E-state index is -2.11. The third-order valence-corrected chi connectivity index (χ3v) is 2.77. The van der Waals surface area contributed by atoms with Crippen LogP contribution in [0.1, 0.15) is 67.2 Å². The number of esters is 2. The molecular formula is C16H29NO6. The van der Waals surface area contributed by atoms with Gasteiger partial charge < -0.3 is 20.3 Å². The van der Waals surface area contributed by atoms with Crippen molar-refractivity contribution in [2.75, 3.05) is 0 Å². The molecule has 0 aromatic rings. The highest BCUT2D eigenvalue weighted by Gasteiger charge is 2.44. The number of hydrogen-bond acceptors (Lipinski definition) is 6. The van der Waals surface area contributed by atoms with E-state index < -0.39 is 28.7 Å². The van der Waals surface area contributed by atoms with Crippen molar-refractivity contribution in [2.24, 2.45) is 5.73 Å². The van der Waals surface area contributed by atoms with Gasteiger partial charge in [-0.05, 0) is 60.8 Å². The van der Waals surface area contributed by atoms with Crippen molar-refractivity contribution in [3.8, 4) is 0 Å². The van der Waals surface area contributed by atoms with E-state index in [2.05, 4.69) is 0 Å². The molecule has 7 heteroatoms. The first kappa shape index (κ1) is 21.4. The van der Waals surface area contributed by atoms with Crippen LogP contribution in [0.4, 0.5) is 0 Å². The monoisotopic (exact) mass is 331 g/mol. The Morgan fingerprint density at radius 2 is 1.39 bits per heavy atom. The summed E-state index contributed by atoms with van der Waals surface area (Å²) in [4.78, 5) is 34.9. The molecule has 0 heterocycles. The van der Waals surface area contributed by atoms with E-state index in [0.29, 0.717) is 12.8 Å². The van der Waals surface area contributed by atoms with E-state index in [1.54, 1.807) is 41.5 Å². The Hall–Kier alpha value is -1.63. The highest BCUT2D eigenvalue weighted by Crippen LogP contribution is 2.20. The molecule has 0 aromatic carbocycles. The van der Waals surface area contributed by atoms with E-state index in [9.17, 15) is 19.5 Å². The maximum atomic E-state index is 12.0. The summed E-state index contributed by atoms with van der Waals surface area (Å²) < 4.78 is 10.2. The van der Waals surface area contributed by atoms with Gasteiger partial charge in [0.15, 0.2) is 0 Å². The SMILES string of the molecule is CC(C)(C)OC(=O)CCCC[C@](N)(C(=O)O)C(=O)OC(C)(C)C. The van der Waals surface area contributed by atoms with Crippen molar-refractivity contribution < 1.29 is 29.0 Å². The zero-order valence-corrected chi connectivity index (χ0v) is 14.9. The van der Waals surface area contributed by atoms with E-state index >= 15 is 0 Å². The van der Waals surface area contributed by atoms with Crippen LogP contribution in [-0.4, -0.2) is 39.8 Å². The summed E-state index contributed by atoms with van der Waals surface area (Å²) in [7, 11) is 0. The highest BCUT2D eigenvalue weighted by atomic mass is 16.6. The molecule has 0 aromatic heterocycles. The van der Waals surface area contributed by atoms with E-state index in [1.807, 2.05) is 0 Å². The standard InChI is InChI=1S/C16H29NO6/c1-14(2,3)22-11(18)9-7-8-10-16(17,12(19)20)13(21)23-15(4,5)6/h7-10,17H2,1-6H3,(H,19,20)/t16-/m0/s1. The molecule has 3 N–H and O–H groups in total. The molecule has 0 aliphatic rings. The molecule has 0 saturated heterocycles. The van der Waals surface area contributed by atoms with E-state index in [4.69, 9.17) is 15.2 Å². The predicted octanol–water partition coefficient (Wildman–Crippen LogP) is 2.01. The summed E-state index contributed by atoms with van der Waals surface area (Å²) in [5, 5.41) is 9.24. The van der Waals surface area contributed by atoms with Gasteiger partial charge >= 0.3 is 17.9 Å². The van der Waals surface area contributed by atoms with Crippen LogP contribution in [0.5, 0.6) is 0 Å². The van der Waals surface area contributed by atoms with Crippen molar-refractivity contribution in [3.05, 3.63) is 0 Å². The quantitative estimate of drug-likeness (QED) is 0.416. The number of nitrogens with two attached hydrogens (primary N) is 1. The first-order chi connectivity index (χ1) is 10.2. The number of hydrogen-bond donors (Lipinski definition) is 2. The lowest BCUT2D eigenvalue weighted by Gasteiger charge is -2.28. The molecule has 134 valence electrons. The van der Waals surface area contributed by atoms with Gasteiger partial charge in [0.2, 0.25) is 5.54 Å².